The number of likely N-dealkylation sites (N-methyl/N-ethyl adjacent to an activating group) is 1. The summed E-state index contributed by atoms with van der Waals surface area (Å²) in [7, 11) is 6.25. The van der Waals surface area contributed by atoms with Crippen molar-refractivity contribution in [1.29, 1.82) is 0 Å². The summed E-state index contributed by atoms with van der Waals surface area (Å²) in [5.74, 6) is -8.44. The van der Waals surface area contributed by atoms with Crippen molar-refractivity contribution in [1.82, 2.24) is 0 Å². The third-order valence-corrected chi connectivity index (χ3v) is 13.1. The van der Waals surface area contributed by atoms with Crippen molar-refractivity contribution < 1.29 is 105 Å². The number of rotatable bonds is 15. The number of esters is 3. The van der Waals surface area contributed by atoms with Crippen LogP contribution in [0.15, 0.2) is 36.4 Å². The lowest BCUT2D eigenvalue weighted by atomic mass is 9.91. The highest BCUT2D eigenvalue weighted by molar-refractivity contribution is 14.1. The molecule has 2 rings (SSSR count). The highest BCUT2D eigenvalue weighted by atomic mass is 127. The second-order valence-electron chi connectivity index (χ2n) is 17.4. The van der Waals surface area contributed by atoms with Gasteiger partial charge in [0.15, 0.2) is 6.61 Å². The van der Waals surface area contributed by atoms with Crippen LogP contribution in [0.3, 0.4) is 0 Å². The molecule has 0 aromatic heterocycles. The molecule has 0 aliphatic heterocycles. The number of carboxylic acid groups (broad SMARTS) is 1. The Morgan fingerprint density at radius 3 is 1.44 bits per heavy atom. The zero-order valence-electron chi connectivity index (χ0n) is 40.3. The van der Waals surface area contributed by atoms with Gasteiger partial charge in [-0.05, 0) is 144 Å². The van der Waals surface area contributed by atoms with Gasteiger partial charge in [-0.1, -0.05) is 52.0 Å². The summed E-state index contributed by atoms with van der Waals surface area (Å²) < 4.78 is 170. The maximum Gasteiger partial charge on any atom is 0.437 e. The highest BCUT2D eigenvalue weighted by Gasteiger charge is 2.76. The number of hydrogen-bond donors (Lipinski definition) is 1. The van der Waals surface area contributed by atoms with Gasteiger partial charge in [-0.25, -0.2) is 22.4 Å². The van der Waals surface area contributed by atoms with E-state index in [4.69, 9.17) is 9.84 Å². The monoisotopic (exact) mass is 1370 g/mol. The summed E-state index contributed by atoms with van der Waals surface area (Å²) in [6.07, 6.45) is -18.4. The number of benzene rings is 2. The number of aliphatic hydroxyl groups is 1. The number of carbonyl (C=O) groups excluding carboxylic acids is 4. The van der Waals surface area contributed by atoms with E-state index in [-0.39, 0.29) is 35.4 Å². The van der Waals surface area contributed by atoms with Gasteiger partial charge in [0.1, 0.15) is 19.8 Å². The Hall–Kier alpha value is -2.48. The molecule has 0 saturated carbocycles. The molecule has 0 spiro atoms. The van der Waals surface area contributed by atoms with E-state index < -0.39 is 73.0 Å². The van der Waals surface area contributed by atoms with E-state index >= 15 is 0 Å². The molecule has 0 heterocycles. The number of quaternary nitrogens is 1. The molecule has 406 valence electrons. The predicted molar refractivity (Wildman–Crippen MR) is 257 cm³/mol. The van der Waals surface area contributed by atoms with Gasteiger partial charge in [-0.15, -0.1) is 0 Å². The topological polar surface area (TPSA) is 139 Å². The summed E-state index contributed by atoms with van der Waals surface area (Å²) in [6, 6.07) is 9.66. The van der Waals surface area contributed by atoms with Crippen LogP contribution in [0.25, 0.3) is 0 Å². The first kappa shape index (κ1) is 71.8. The molecule has 1 N–H and O–H groups in total. The maximum absolute atomic E-state index is 12.5. The number of carbonyl (C=O) groups is 4. The lowest BCUT2D eigenvalue weighted by molar-refractivity contribution is -0.870. The number of nitrogens with zero attached hydrogens (tertiary/aromatic N) is 1. The Morgan fingerprint density at radius 2 is 1.11 bits per heavy atom. The molecule has 0 aliphatic rings. The Balaban J connectivity index is -0.000000849. The predicted octanol–water partition coefficient (Wildman–Crippen LogP) is 12.1. The summed E-state index contributed by atoms with van der Waals surface area (Å²) >= 11 is 6.19. The van der Waals surface area contributed by atoms with Gasteiger partial charge in [0.2, 0.25) is 0 Å². The third-order valence-electron chi connectivity index (χ3n) is 9.48. The maximum atomic E-state index is 12.5. The highest BCUT2D eigenvalue weighted by Crippen LogP contribution is 2.44. The summed E-state index contributed by atoms with van der Waals surface area (Å²) in [4.78, 5) is 44.4. The van der Waals surface area contributed by atoms with Crippen molar-refractivity contribution in [3.8, 4) is 0 Å². The number of halogens is 16. The molecule has 1 atom stereocenters. The third kappa shape index (κ3) is 27.5. The summed E-state index contributed by atoms with van der Waals surface area (Å²) in [5.41, 5.74) is -5.35. The molecule has 0 saturated heterocycles. The van der Waals surface area contributed by atoms with Crippen LogP contribution >= 0.6 is 67.8 Å². The standard InChI is InChI=1S/C15H16F6O3.C11H24NO2.C8H13F3O2.C7H3I3O2.C3H4F4/c1-3-9(2)11-6-4-10(5-7-11)8-24-12(22)13(23,14(16,17)18)15(19,20)21;1-7-11(2,3)10(13)14-9-8-12(4,5)6;1-4-7(2,3)6(12)13-5-8(9,10)11;8-3-1-4(7(11)12)6(10)5(9)2-3;1-3(6,7)2(4)5/h4-7,9,23H,3,8H2,1-2H3;7-9H2,1-6H3;4-5H2,1-3H3;1-2H,(H,11,12);2H,1H3/q;+1;;;/p-1. The Labute approximate surface area is 440 Å². The second-order valence-corrected chi connectivity index (χ2v) is 20.9. The van der Waals surface area contributed by atoms with E-state index in [2.05, 4.69) is 75.8 Å². The Morgan fingerprint density at radius 1 is 0.700 bits per heavy atom. The van der Waals surface area contributed by atoms with Crippen LogP contribution in [0.2, 0.25) is 0 Å². The molecule has 1 unspecified atom stereocenters. The molecule has 2 aromatic rings. The average molecular weight is 1370 g/mol. The number of ether oxygens (including phenoxy) is 3. The van der Waals surface area contributed by atoms with Crippen molar-refractivity contribution in [2.75, 3.05) is 40.9 Å². The molecule has 2 aromatic carbocycles. The van der Waals surface area contributed by atoms with Crippen LogP contribution in [-0.4, -0.2) is 111 Å². The molecule has 0 radical (unpaired) electrons. The molecule has 0 aliphatic carbocycles. The van der Waals surface area contributed by atoms with Gasteiger partial charge in [-0.3, -0.25) is 9.59 Å². The quantitative estimate of drug-likeness (QED) is 0.0461. The summed E-state index contributed by atoms with van der Waals surface area (Å²) in [5, 5.41) is 19.5. The number of carboxylic acids is 1. The van der Waals surface area contributed by atoms with Gasteiger partial charge in [0.05, 0.1) is 37.9 Å². The van der Waals surface area contributed by atoms with Gasteiger partial charge in [0.25, 0.3) is 0 Å². The minimum absolute atomic E-state index is 0.0894. The van der Waals surface area contributed by atoms with E-state index in [1.807, 2.05) is 63.3 Å². The van der Waals surface area contributed by atoms with Crippen molar-refractivity contribution in [2.45, 2.75) is 131 Å². The molecule has 0 bridgehead atoms. The van der Waals surface area contributed by atoms with Gasteiger partial charge in [-0.2, -0.15) is 39.5 Å². The van der Waals surface area contributed by atoms with E-state index in [1.165, 1.54) is 12.1 Å². The van der Waals surface area contributed by atoms with E-state index in [0.717, 1.165) is 40.1 Å². The molecule has 0 amide bonds. The van der Waals surface area contributed by atoms with Crippen molar-refractivity contribution in [3.05, 3.63) is 63.8 Å². The number of aromatic carboxylic acids is 1. The normalized spacial score (nSPS) is 12.8. The molecule has 0 fully saturated rings. The molecular formula is C44H59F13I3NO9. The first-order valence-electron chi connectivity index (χ1n) is 20.5. The van der Waals surface area contributed by atoms with Crippen LogP contribution in [0.4, 0.5) is 57.1 Å². The lowest BCUT2D eigenvalue weighted by Gasteiger charge is -2.29. The molecule has 26 heteroatoms. The molecule has 10 nitrogen and oxygen atoms in total. The molecular weight excluding hydrogens is 1310 g/mol. The average Bonchev–Trinajstić information content (AvgIpc) is 3.21. The van der Waals surface area contributed by atoms with Crippen LogP contribution in [0, 0.1) is 21.5 Å². The SMILES string of the molecule is CC(F)(F)C(F)F.CCC(C)(C)C(=O)OCC(F)(F)F.CCC(C)(C)C(=O)OCC[N+](C)(C)C.CCC(C)c1ccc(COC(=O)C(O)(C(F)(F)F)C(F)(F)F)cc1.O=C([O-])c1cc(I)cc(I)c1I. The Kier molecular flexibility index (Phi) is 30.8. The first-order valence-corrected chi connectivity index (χ1v) is 23.8. The fourth-order valence-electron chi connectivity index (χ4n) is 3.77. The van der Waals surface area contributed by atoms with Crippen LogP contribution < -0.4 is 5.11 Å². The fraction of sp³-hybridized carbons (Fsp3) is 0.636. The van der Waals surface area contributed by atoms with Crippen molar-refractivity contribution in [3.63, 3.8) is 0 Å². The fourth-order valence-corrected chi connectivity index (χ4v) is 6.14. The van der Waals surface area contributed by atoms with E-state index in [9.17, 15) is 81.4 Å². The second kappa shape index (κ2) is 30.0. The van der Waals surface area contributed by atoms with Gasteiger partial charge >= 0.3 is 54.4 Å². The smallest absolute Gasteiger partial charge is 0.437 e. The Bertz CT molecular complexity index is 1920. The zero-order chi connectivity index (χ0) is 56.2. The summed E-state index contributed by atoms with van der Waals surface area (Å²) in [6.45, 7) is 13.8. The minimum Gasteiger partial charge on any atom is -0.545 e. The van der Waals surface area contributed by atoms with Gasteiger partial charge in [0, 0.05) is 23.2 Å². The van der Waals surface area contributed by atoms with Crippen LogP contribution in [0.1, 0.15) is 109 Å². The number of alkyl halides is 13. The van der Waals surface area contributed by atoms with Crippen LogP contribution in [0.5, 0.6) is 0 Å². The van der Waals surface area contributed by atoms with E-state index in [0.29, 0.717) is 13.0 Å². The first-order chi connectivity index (χ1) is 31.2. The molecule has 70 heavy (non-hydrogen) atoms. The van der Waals surface area contributed by atoms with Gasteiger partial charge < -0.3 is 33.7 Å². The van der Waals surface area contributed by atoms with Crippen LogP contribution in [-0.2, 0) is 35.2 Å². The van der Waals surface area contributed by atoms with Crippen molar-refractivity contribution >= 4 is 91.6 Å². The minimum atomic E-state index is -6.25. The van der Waals surface area contributed by atoms with E-state index in [1.54, 1.807) is 39.0 Å². The largest absolute Gasteiger partial charge is 0.545 e. The lowest BCUT2D eigenvalue weighted by Crippen LogP contribution is -2.62. The number of hydrogen-bond acceptors (Lipinski definition) is 9. The van der Waals surface area contributed by atoms with Crippen molar-refractivity contribution in [2.24, 2.45) is 10.8 Å². The zero-order valence-corrected chi connectivity index (χ0v) is 46.7.